The second kappa shape index (κ2) is 11.7. The van der Waals surface area contributed by atoms with Gasteiger partial charge in [-0.05, 0) is 30.3 Å². The lowest BCUT2D eigenvalue weighted by Crippen LogP contribution is -2.44. The number of carbonyl (C=O) groups is 1. The fourth-order valence-electron chi connectivity index (χ4n) is 3.98. The van der Waals surface area contributed by atoms with Crippen molar-refractivity contribution >= 4 is 55.5 Å². The number of ether oxygens (including phenoxy) is 2. The van der Waals surface area contributed by atoms with Crippen LogP contribution in [0.4, 0.5) is 15.2 Å². The predicted octanol–water partition coefficient (Wildman–Crippen LogP) is 5.95. The topological polar surface area (TPSA) is 98.5 Å². The van der Waals surface area contributed by atoms with E-state index in [1.807, 2.05) is 54.6 Å². The minimum Gasteiger partial charge on any atom is -0.467 e. The molecule has 0 aliphatic heterocycles. The lowest BCUT2D eigenvalue weighted by Gasteiger charge is -2.17. The maximum atomic E-state index is 13.5. The Balaban J connectivity index is 1.46. The van der Waals surface area contributed by atoms with Gasteiger partial charge in [0.15, 0.2) is 10.9 Å². The van der Waals surface area contributed by atoms with Gasteiger partial charge < -0.3 is 24.6 Å². The summed E-state index contributed by atoms with van der Waals surface area (Å²) in [6.45, 7) is 0.0624. The molecule has 0 radical (unpaired) electrons. The van der Waals surface area contributed by atoms with Crippen LogP contribution in [0.5, 0.6) is 0 Å². The van der Waals surface area contributed by atoms with Gasteiger partial charge in [-0.15, -0.1) is 0 Å². The number of benzene rings is 3. The van der Waals surface area contributed by atoms with Crippen molar-refractivity contribution in [3.63, 3.8) is 0 Å². The first-order valence-corrected chi connectivity index (χ1v) is 13.1. The zero-order valence-electron chi connectivity index (χ0n) is 20.9. The van der Waals surface area contributed by atoms with Gasteiger partial charge in [-0.2, -0.15) is 0 Å². The number of nitrogens with one attached hydrogen (secondary N) is 2. The Labute approximate surface area is 232 Å². The average Bonchev–Trinajstić information content (AvgIpc) is 3.57. The molecule has 0 unspecified atom stereocenters. The summed E-state index contributed by atoms with van der Waals surface area (Å²) in [6.07, 6.45) is 0. The van der Waals surface area contributed by atoms with E-state index < -0.39 is 12.0 Å². The van der Waals surface area contributed by atoms with Crippen molar-refractivity contribution in [1.82, 2.24) is 15.5 Å². The number of thiocarbonyl (C=S) groups is 1. The summed E-state index contributed by atoms with van der Waals surface area (Å²) >= 11 is 7.10. The molecule has 0 bridgehead atoms. The van der Waals surface area contributed by atoms with Crippen LogP contribution in [-0.2, 0) is 14.3 Å². The number of carbonyl (C=O) groups excluding carboxylic acids is 1. The van der Waals surface area contributed by atoms with Crippen LogP contribution in [0, 0.1) is 5.82 Å². The molecule has 5 rings (SSSR count). The van der Waals surface area contributed by atoms with Crippen molar-refractivity contribution in [1.29, 1.82) is 0 Å². The van der Waals surface area contributed by atoms with Gasteiger partial charge in [0.05, 0.1) is 29.5 Å². The number of fused-ring (bicyclic) bond motifs is 1. The van der Waals surface area contributed by atoms with Crippen LogP contribution in [0.15, 0.2) is 77.3 Å². The molecule has 0 saturated heterocycles. The number of nitrogens with zero attached hydrogens (tertiary/aromatic N) is 2. The van der Waals surface area contributed by atoms with Crippen LogP contribution in [0.1, 0.15) is 5.56 Å². The first-order chi connectivity index (χ1) is 19.0. The lowest BCUT2D eigenvalue weighted by molar-refractivity contribution is -0.143. The number of aromatic nitrogens is 2. The van der Waals surface area contributed by atoms with E-state index in [1.165, 1.54) is 37.7 Å². The summed E-state index contributed by atoms with van der Waals surface area (Å²) in [7, 11) is 2.79. The average molecular weight is 563 g/mol. The highest BCUT2D eigenvalue weighted by atomic mass is 32.1. The predicted molar refractivity (Wildman–Crippen MR) is 153 cm³/mol. The molecule has 11 heteroatoms. The van der Waals surface area contributed by atoms with E-state index in [0.29, 0.717) is 22.1 Å². The fourth-order valence-corrected chi connectivity index (χ4v) is 5.22. The summed E-state index contributed by atoms with van der Waals surface area (Å²) in [6, 6.07) is 20.6. The molecule has 2 aromatic heterocycles. The summed E-state index contributed by atoms with van der Waals surface area (Å²) in [5.74, 6) is -0.340. The van der Waals surface area contributed by atoms with Crippen molar-refractivity contribution in [3.8, 4) is 22.6 Å². The van der Waals surface area contributed by atoms with E-state index in [0.717, 1.165) is 27.0 Å². The molecule has 0 fully saturated rings. The minimum absolute atomic E-state index is 0.0624. The largest absolute Gasteiger partial charge is 0.467 e. The summed E-state index contributed by atoms with van der Waals surface area (Å²) in [4.78, 5) is 17.1. The van der Waals surface area contributed by atoms with Crippen molar-refractivity contribution in [2.75, 3.05) is 26.1 Å². The molecule has 39 heavy (non-hydrogen) atoms. The third kappa shape index (κ3) is 5.80. The molecule has 0 aliphatic rings. The summed E-state index contributed by atoms with van der Waals surface area (Å²) < 4.78 is 30.1. The van der Waals surface area contributed by atoms with Crippen LogP contribution in [-0.4, -0.2) is 48.0 Å². The molecule has 0 amide bonds. The van der Waals surface area contributed by atoms with Gasteiger partial charge in [0.2, 0.25) is 0 Å². The third-order valence-electron chi connectivity index (χ3n) is 5.84. The van der Waals surface area contributed by atoms with Crippen molar-refractivity contribution in [2.24, 2.45) is 0 Å². The Kier molecular flexibility index (Phi) is 7.92. The standard InChI is InChI=1S/C28H23FN4O4S2/c1-35-15-21(27(34)36-2)31-26(38)23-24(33-37-25(23)17-6-4-3-5-7-17)16-8-11-19(12-9-16)30-28-32-20-13-10-18(29)14-22(20)39-28/h3-14,21H,15H2,1-2H3,(H,30,32)(H,31,38)/t21-/m0/s1. The summed E-state index contributed by atoms with van der Waals surface area (Å²) in [5, 5.41) is 11.3. The molecule has 0 aliphatic carbocycles. The second-order valence-electron chi connectivity index (χ2n) is 8.44. The van der Waals surface area contributed by atoms with Gasteiger partial charge in [0.25, 0.3) is 0 Å². The van der Waals surface area contributed by atoms with E-state index in [9.17, 15) is 9.18 Å². The molecule has 3 aromatic carbocycles. The molecule has 2 heterocycles. The number of halogens is 1. The number of anilines is 2. The first-order valence-electron chi connectivity index (χ1n) is 11.8. The Bertz CT molecular complexity index is 1620. The highest BCUT2D eigenvalue weighted by Crippen LogP contribution is 2.34. The number of thiazole rings is 1. The number of esters is 1. The van der Waals surface area contributed by atoms with E-state index >= 15 is 0 Å². The Morgan fingerprint density at radius 2 is 1.85 bits per heavy atom. The second-order valence-corrected chi connectivity index (χ2v) is 9.88. The highest BCUT2D eigenvalue weighted by Gasteiger charge is 2.27. The molecule has 5 aromatic rings. The Morgan fingerprint density at radius 1 is 1.08 bits per heavy atom. The molecule has 0 spiro atoms. The van der Waals surface area contributed by atoms with Crippen molar-refractivity contribution < 1.29 is 23.2 Å². The highest BCUT2D eigenvalue weighted by molar-refractivity contribution is 7.80. The van der Waals surface area contributed by atoms with Gasteiger partial charge in [-0.3, -0.25) is 0 Å². The molecular formula is C28H23FN4O4S2. The van der Waals surface area contributed by atoms with Gasteiger partial charge >= 0.3 is 5.97 Å². The quantitative estimate of drug-likeness (QED) is 0.167. The van der Waals surface area contributed by atoms with E-state index in [-0.39, 0.29) is 17.4 Å². The molecule has 8 nitrogen and oxygen atoms in total. The zero-order valence-corrected chi connectivity index (χ0v) is 22.6. The Hall–Kier alpha value is -4.19. The molecule has 198 valence electrons. The number of hydrogen-bond donors (Lipinski definition) is 2. The molecule has 2 N–H and O–H groups in total. The van der Waals surface area contributed by atoms with E-state index in [4.69, 9.17) is 26.2 Å². The first kappa shape index (κ1) is 26.4. The third-order valence-corrected chi connectivity index (χ3v) is 7.10. The zero-order chi connectivity index (χ0) is 27.4. The number of hydrogen-bond acceptors (Lipinski definition) is 9. The van der Waals surface area contributed by atoms with Crippen LogP contribution >= 0.6 is 23.6 Å². The minimum atomic E-state index is -0.812. The monoisotopic (exact) mass is 562 g/mol. The van der Waals surface area contributed by atoms with Crippen LogP contribution in [0.25, 0.3) is 32.8 Å². The lowest BCUT2D eigenvalue weighted by atomic mass is 10.0. The van der Waals surface area contributed by atoms with Gasteiger partial charge in [-0.25, -0.2) is 14.2 Å². The van der Waals surface area contributed by atoms with E-state index in [1.54, 1.807) is 6.07 Å². The van der Waals surface area contributed by atoms with E-state index in [2.05, 4.69) is 20.8 Å². The van der Waals surface area contributed by atoms with Crippen molar-refractivity contribution in [2.45, 2.75) is 6.04 Å². The maximum Gasteiger partial charge on any atom is 0.330 e. The molecule has 1 atom stereocenters. The molecule has 0 saturated carbocycles. The smallest absolute Gasteiger partial charge is 0.330 e. The summed E-state index contributed by atoms with van der Waals surface area (Å²) in [5.41, 5.74) is 4.09. The van der Waals surface area contributed by atoms with Gasteiger partial charge in [0.1, 0.15) is 22.5 Å². The Morgan fingerprint density at radius 3 is 2.56 bits per heavy atom. The van der Waals surface area contributed by atoms with Gasteiger partial charge in [-0.1, -0.05) is 71.2 Å². The van der Waals surface area contributed by atoms with Crippen LogP contribution < -0.4 is 10.6 Å². The fraction of sp³-hybridized carbons (Fsp3) is 0.143. The molecular weight excluding hydrogens is 539 g/mol. The van der Waals surface area contributed by atoms with Crippen molar-refractivity contribution in [3.05, 3.63) is 84.2 Å². The maximum absolute atomic E-state index is 13.5. The van der Waals surface area contributed by atoms with Crippen LogP contribution in [0.3, 0.4) is 0 Å². The normalized spacial score (nSPS) is 11.8. The number of methoxy groups -OCH3 is 2. The number of rotatable bonds is 9. The van der Waals surface area contributed by atoms with Gasteiger partial charge in [0, 0.05) is 23.9 Å². The van der Waals surface area contributed by atoms with Crippen LogP contribution in [0.2, 0.25) is 0 Å². The SMILES string of the molecule is COC[C@H](NC(=S)c1c(-c2ccc(Nc3nc4ccc(F)cc4s3)cc2)noc1-c1ccccc1)C(=O)OC.